The smallest absolute Gasteiger partial charge is 0.251 e. The second-order valence-electron chi connectivity index (χ2n) is 6.02. The molecule has 24 heavy (non-hydrogen) atoms. The molecular weight excluding hydrogens is 326 g/mol. The molecule has 1 aliphatic heterocycles. The minimum atomic E-state index is -0.141. The Hall–Kier alpha value is -1.99. The molecule has 6 nitrogen and oxygen atoms in total. The zero-order valence-corrected chi connectivity index (χ0v) is 14.7. The number of rotatable bonds is 5. The van der Waals surface area contributed by atoms with Gasteiger partial charge in [0.25, 0.3) is 5.91 Å². The Morgan fingerprint density at radius 2 is 2.00 bits per heavy atom. The molecule has 0 unspecified atom stereocenters. The van der Waals surface area contributed by atoms with Crippen LogP contribution in [0.4, 0.5) is 5.69 Å². The Morgan fingerprint density at radius 3 is 2.58 bits per heavy atom. The highest BCUT2D eigenvalue weighted by Crippen LogP contribution is 2.12. The third-order valence-corrected chi connectivity index (χ3v) is 3.88. The average Bonchev–Trinajstić information content (AvgIpc) is 3.06. The number of ether oxygens (including phenoxy) is 1. The van der Waals surface area contributed by atoms with E-state index in [1.807, 2.05) is 0 Å². The first-order valence-corrected chi connectivity index (χ1v) is 8.48. The first kappa shape index (κ1) is 18.4. The highest BCUT2D eigenvalue weighted by molar-refractivity contribution is 7.80. The summed E-state index contributed by atoms with van der Waals surface area (Å²) in [5.41, 5.74) is 1.27. The molecule has 7 heteroatoms. The standard InChI is InChI=1S/C17H23N3O3S/c1-11(2)15(21)20-17(24)19-13-7-5-12(6-8-13)16(22)18-10-14-4-3-9-23-14/h5-8,11,14H,3-4,9-10H2,1-2H3,(H,18,22)(H2,19,20,21,24)/t14-/m0/s1. The fourth-order valence-electron chi connectivity index (χ4n) is 2.24. The summed E-state index contributed by atoms with van der Waals surface area (Å²) in [6, 6.07) is 6.91. The molecule has 1 aromatic rings. The Labute approximate surface area is 147 Å². The SMILES string of the molecule is CC(C)C(=O)NC(=S)Nc1ccc(C(=O)NC[C@@H]2CCCO2)cc1. The fourth-order valence-corrected chi connectivity index (χ4v) is 2.46. The zero-order valence-electron chi connectivity index (χ0n) is 13.9. The van der Waals surface area contributed by atoms with Gasteiger partial charge >= 0.3 is 0 Å². The number of hydrogen-bond donors (Lipinski definition) is 3. The molecule has 130 valence electrons. The lowest BCUT2D eigenvalue weighted by molar-refractivity contribution is -0.122. The van der Waals surface area contributed by atoms with Crippen LogP contribution in [0.25, 0.3) is 0 Å². The van der Waals surface area contributed by atoms with Crippen LogP contribution in [0.5, 0.6) is 0 Å². The lowest BCUT2D eigenvalue weighted by atomic mass is 10.2. The van der Waals surface area contributed by atoms with Gasteiger partial charge in [-0.15, -0.1) is 0 Å². The Morgan fingerprint density at radius 1 is 1.29 bits per heavy atom. The van der Waals surface area contributed by atoms with E-state index < -0.39 is 0 Å². The summed E-state index contributed by atoms with van der Waals surface area (Å²) in [6.07, 6.45) is 2.16. The maximum Gasteiger partial charge on any atom is 0.251 e. The topological polar surface area (TPSA) is 79.5 Å². The van der Waals surface area contributed by atoms with Crippen molar-refractivity contribution in [2.24, 2.45) is 5.92 Å². The number of hydrogen-bond acceptors (Lipinski definition) is 4. The quantitative estimate of drug-likeness (QED) is 0.709. The van der Waals surface area contributed by atoms with E-state index in [1.54, 1.807) is 38.1 Å². The minimum Gasteiger partial charge on any atom is -0.376 e. The molecule has 1 atom stereocenters. The number of carbonyl (C=O) groups is 2. The van der Waals surface area contributed by atoms with Gasteiger partial charge in [0, 0.05) is 30.3 Å². The van der Waals surface area contributed by atoms with Crippen LogP contribution < -0.4 is 16.0 Å². The maximum atomic E-state index is 12.1. The van der Waals surface area contributed by atoms with Gasteiger partial charge in [-0.3, -0.25) is 9.59 Å². The molecule has 0 aliphatic carbocycles. The zero-order chi connectivity index (χ0) is 17.5. The van der Waals surface area contributed by atoms with Crippen molar-refractivity contribution in [1.82, 2.24) is 10.6 Å². The Kier molecular flexibility index (Phi) is 6.69. The highest BCUT2D eigenvalue weighted by Gasteiger charge is 2.16. The van der Waals surface area contributed by atoms with E-state index in [2.05, 4.69) is 16.0 Å². The highest BCUT2D eigenvalue weighted by atomic mass is 32.1. The van der Waals surface area contributed by atoms with E-state index in [1.165, 1.54) is 0 Å². The molecular formula is C17H23N3O3S. The van der Waals surface area contributed by atoms with E-state index in [4.69, 9.17) is 17.0 Å². The average molecular weight is 349 g/mol. The van der Waals surface area contributed by atoms with Gasteiger partial charge in [0.15, 0.2) is 5.11 Å². The Bertz CT molecular complexity index is 596. The summed E-state index contributed by atoms with van der Waals surface area (Å²) < 4.78 is 5.48. The molecule has 1 fully saturated rings. The number of benzene rings is 1. The van der Waals surface area contributed by atoms with Gasteiger partial charge in [-0.2, -0.15) is 0 Å². The van der Waals surface area contributed by atoms with E-state index in [0.29, 0.717) is 17.8 Å². The van der Waals surface area contributed by atoms with Crippen molar-refractivity contribution in [3.63, 3.8) is 0 Å². The van der Waals surface area contributed by atoms with Crippen molar-refractivity contribution < 1.29 is 14.3 Å². The summed E-state index contributed by atoms with van der Waals surface area (Å²) in [5.74, 6) is -0.412. The predicted octanol–water partition coefficient (Wildman–Crippen LogP) is 2.06. The first-order chi connectivity index (χ1) is 11.5. The van der Waals surface area contributed by atoms with Gasteiger partial charge in [0.1, 0.15) is 0 Å². The molecule has 0 radical (unpaired) electrons. The third kappa shape index (κ3) is 5.58. The molecule has 1 saturated heterocycles. The summed E-state index contributed by atoms with van der Waals surface area (Å²) in [6.45, 7) is 4.89. The van der Waals surface area contributed by atoms with E-state index in [0.717, 1.165) is 19.4 Å². The third-order valence-electron chi connectivity index (χ3n) is 3.68. The van der Waals surface area contributed by atoms with Crippen LogP contribution in [-0.4, -0.2) is 36.2 Å². The number of anilines is 1. The van der Waals surface area contributed by atoms with Gasteiger partial charge in [-0.05, 0) is 49.3 Å². The van der Waals surface area contributed by atoms with Crippen molar-refractivity contribution >= 4 is 34.8 Å². The Balaban J connectivity index is 1.82. The van der Waals surface area contributed by atoms with E-state index in [-0.39, 0.29) is 28.9 Å². The molecule has 3 N–H and O–H groups in total. The minimum absolute atomic E-state index is 0.122. The molecule has 0 saturated carbocycles. The molecule has 2 amide bonds. The predicted molar refractivity (Wildman–Crippen MR) is 97.0 cm³/mol. The lowest BCUT2D eigenvalue weighted by Gasteiger charge is -2.12. The molecule has 1 aromatic carbocycles. The van der Waals surface area contributed by atoms with Crippen molar-refractivity contribution in [2.45, 2.75) is 32.8 Å². The van der Waals surface area contributed by atoms with Gasteiger partial charge in [0.2, 0.25) is 5.91 Å². The van der Waals surface area contributed by atoms with Gasteiger partial charge in [-0.1, -0.05) is 13.8 Å². The largest absolute Gasteiger partial charge is 0.376 e. The maximum absolute atomic E-state index is 12.1. The van der Waals surface area contributed by atoms with Gasteiger partial charge < -0.3 is 20.7 Å². The molecule has 0 bridgehead atoms. The monoisotopic (exact) mass is 349 g/mol. The van der Waals surface area contributed by atoms with Gasteiger partial charge in [-0.25, -0.2) is 0 Å². The number of thiocarbonyl (C=S) groups is 1. The number of nitrogens with one attached hydrogen (secondary N) is 3. The molecule has 2 rings (SSSR count). The second kappa shape index (κ2) is 8.75. The van der Waals surface area contributed by atoms with Crippen LogP contribution >= 0.6 is 12.2 Å². The molecule has 0 aromatic heterocycles. The van der Waals surface area contributed by atoms with Crippen LogP contribution in [-0.2, 0) is 9.53 Å². The molecule has 1 aliphatic rings. The van der Waals surface area contributed by atoms with E-state index in [9.17, 15) is 9.59 Å². The van der Waals surface area contributed by atoms with Crippen LogP contribution in [0.1, 0.15) is 37.0 Å². The molecule has 0 spiro atoms. The normalized spacial score (nSPS) is 16.7. The molecule has 1 heterocycles. The summed E-state index contributed by atoms with van der Waals surface area (Å²) in [5, 5.41) is 8.64. The van der Waals surface area contributed by atoms with Crippen molar-refractivity contribution in [2.75, 3.05) is 18.5 Å². The first-order valence-electron chi connectivity index (χ1n) is 8.07. The summed E-state index contributed by atoms with van der Waals surface area (Å²) in [4.78, 5) is 23.7. The summed E-state index contributed by atoms with van der Waals surface area (Å²) in [7, 11) is 0. The van der Waals surface area contributed by atoms with E-state index >= 15 is 0 Å². The van der Waals surface area contributed by atoms with Gasteiger partial charge in [0.05, 0.1) is 6.10 Å². The van der Waals surface area contributed by atoms with Crippen molar-refractivity contribution in [3.8, 4) is 0 Å². The lowest BCUT2D eigenvalue weighted by Crippen LogP contribution is -2.36. The van der Waals surface area contributed by atoms with Crippen LogP contribution in [0, 0.1) is 5.92 Å². The van der Waals surface area contributed by atoms with Crippen LogP contribution in [0.3, 0.4) is 0 Å². The van der Waals surface area contributed by atoms with Crippen molar-refractivity contribution in [3.05, 3.63) is 29.8 Å². The number of carbonyl (C=O) groups excluding carboxylic acids is 2. The van der Waals surface area contributed by atoms with Crippen LogP contribution in [0.2, 0.25) is 0 Å². The second-order valence-corrected chi connectivity index (χ2v) is 6.43. The summed E-state index contributed by atoms with van der Waals surface area (Å²) >= 11 is 5.08. The number of amides is 2. The van der Waals surface area contributed by atoms with Crippen molar-refractivity contribution in [1.29, 1.82) is 0 Å². The fraction of sp³-hybridized carbons (Fsp3) is 0.471. The van der Waals surface area contributed by atoms with Crippen LogP contribution in [0.15, 0.2) is 24.3 Å².